The molecule has 1 saturated heterocycles. The summed E-state index contributed by atoms with van der Waals surface area (Å²) in [6.45, 7) is 3.49. The molecular formula is C29H24Cl4N2S. The van der Waals surface area contributed by atoms with Crippen molar-refractivity contribution >= 4 is 63.9 Å². The van der Waals surface area contributed by atoms with Crippen molar-refractivity contribution in [1.82, 2.24) is 4.90 Å². The number of anilines is 1. The zero-order chi connectivity index (χ0) is 25.1. The molecule has 2 nitrogen and oxygen atoms in total. The first kappa shape index (κ1) is 25.8. The molecule has 1 aliphatic rings. The number of piperazine rings is 1. The van der Waals surface area contributed by atoms with Crippen LogP contribution in [0.3, 0.4) is 0 Å². The van der Waals surface area contributed by atoms with E-state index < -0.39 is 0 Å². The Morgan fingerprint density at radius 1 is 0.722 bits per heavy atom. The van der Waals surface area contributed by atoms with Gasteiger partial charge < -0.3 is 4.90 Å². The molecule has 1 fully saturated rings. The van der Waals surface area contributed by atoms with Crippen LogP contribution in [0.5, 0.6) is 0 Å². The Hall–Kier alpha value is -1.85. The summed E-state index contributed by atoms with van der Waals surface area (Å²) < 4.78 is 0. The van der Waals surface area contributed by atoms with Gasteiger partial charge in [0.05, 0.1) is 16.8 Å². The van der Waals surface area contributed by atoms with Gasteiger partial charge in [-0.15, -0.1) is 0 Å². The van der Waals surface area contributed by atoms with Crippen molar-refractivity contribution in [3.05, 3.63) is 122 Å². The molecule has 0 saturated carbocycles. The first-order valence-electron chi connectivity index (χ1n) is 11.7. The van der Waals surface area contributed by atoms with E-state index in [2.05, 4.69) is 58.3 Å². The predicted molar refractivity (Wildman–Crippen MR) is 155 cm³/mol. The van der Waals surface area contributed by atoms with Crippen LogP contribution in [0.2, 0.25) is 20.1 Å². The molecule has 0 spiro atoms. The van der Waals surface area contributed by atoms with Gasteiger partial charge in [0.2, 0.25) is 0 Å². The lowest BCUT2D eigenvalue weighted by atomic mass is 10.0. The molecule has 0 bridgehead atoms. The van der Waals surface area contributed by atoms with Crippen LogP contribution in [0.25, 0.3) is 0 Å². The molecule has 1 aliphatic heterocycles. The molecule has 1 atom stereocenters. The molecule has 0 N–H and O–H groups in total. The van der Waals surface area contributed by atoms with Gasteiger partial charge in [-0.2, -0.15) is 0 Å². The van der Waals surface area contributed by atoms with Crippen LogP contribution in [0.1, 0.15) is 17.2 Å². The van der Waals surface area contributed by atoms with Crippen LogP contribution in [-0.2, 0) is 6.54 Å². The molecule has 0 aliphatic carbocycles. The minimum absolute atomic E-state index is 0.130. The van der Waals surface area contributed by atoms with E-state index in [-0.39, 0.29) is 6.04 Å². The Morgan fingerprint density at radius 2 is 1.39 bits per heavy atom. The number of rotatable bonds is 6. The van der Waals surface area contributed by atoms with E-state index in [1.54, 1.807) is 11.8 Å². The summed E-state index contributed by atoms with van der Waals surface area (Å²) in [5, 5.41) is 2.79. The summed E-state index contributed by atoms with van der Waals surface area (Å²) in [6, 6.07) is 30.6. The van der Waals surface area contributed by atoms with Gasteiger partial charge in [0.15, 0.2) is 0 Å². The van der Waals surface area contributed by atoms with Crippen molar-refractivity contribution in [1.29, 1.82) is 0 Å². The van der Waals surface area contributed by atoms with Crippen LogP contribution in [0.4, 0.5) is 5.69 Å². The molecule has 7 heteroatoms. The third-order valence-corrected chi connectivity index (χ3v) is 8.51. The van der Waals surface area contributed by atoms with Gasteiger partial charge in [0, 0.05) is 51.0 Å². The zero-order valence-corrected chi connectivity index (χ0v) is 23.2. The summed E-state index contributed by atoms with van der Waals surface area (Å²) in [6.07, 6.45) is 0. The standard InChI is InChI=1S/C29H24Cl4N2S/c30-22-7-5-20(6-8-22)28-19-34(15-16-35(28)27-14-11-24(32)17-26(27)33)18-21-3-1-2-4-29(21)36-25-12-9-23(31)10-13-25/h1-14,17,28H,15-16,18-19H2. The van der Waals surface area contributed by atoms with Gasteiger partial charge in [-0.1, -0.05) is 88.5 Å². The summed E-state index contributed by atoms with van der Waals surface area (Å²) in [4.78, 5) is 7.33. The lowest BCUT2D eigenvalue weighted by Crippen LogP contribution is -2.48. The third-order valence-electron chi connectivity index (χ3n) is 6.35. The maximum Gasteiger partial charge on any atom is 0.0670 e. The van der Waals surface area contributed by atoms with Crippen molar-refractivity contribution in [2.75, 3.05) is 24.5 Å². The molecule has 5 rings (SSSR count). The fourth-order valence-electron chi connectivity index (χ4n) is 4.56. The van der Waals surface area contributed by atoms with Crippen molar-refractivity contribution < 1.29 is 0 Å². The van der Waals surface area contributed by atoms with Crippen molar-refractivity contribution in [2.45, 2.75) is 22.4 Å². The minimum atomic E-state index is 0.130. The van der Waals surface area contributed by atoms with Gasteiger partial charge in [-0.25, -0.2) is 0 Å². The van der Waals surface area contributed by atoms with Gasteiger partial charge in [-0.05, 0) is 71.8 Å². The predicted octanol–water partition coefficient (Wildman–Crippen LogP) is 9.51. The van der Waals surface area contributed by atoms with E-state index >= 15 is 0 Å². The Labute approximate surface area is 236 Å². The molecule has 1 unspecified atom stereocenters. The Kier molecular flexibility index (Phi) is 8.37. The largest absolute Gasteiger partial charge is 0.361 e. The molecule has 4 aromatic rings. The van der Waals surface area contributed by atoms with Crippen LogP contribution in [0, 0.1) is 0 Å². The van der Waals surface area contributed by atoms with E-state index in [0.717, 1.165) is 41.9 Å². The van der Waals surface area contributed by atoms with Gasteiger partial charge in [0.25, 0.3) is 0 Å². The van der Waals surface area contributed by atoms with Crippen molar-refractivity contribution in [3.63, 3.8) is 0 Å². The molecule has 36 heavy (non-hydrogen) atoms. The fourth-order valence-corrected chi connectivity index (χ4v) is 6.27. The summed E-state index contributed by atoms with van der Waals surface area (Å²) in [5.41, 5.74) is 3.52. The fraction of sp³-hybridized carbons (Fsp3) is 0.172. The topological polar surface area (TPSA) is 6.48 Å². The average Bonchev–Trinajstić information content (AvgIpc) is 2.87. The summed E-state index contributed by atoms with van der Waals surface area (Å²) >= 11 is 26.9. The molecule has 0 radical (unpaired) electrons. The minimum Gasteiger partial charge on any atom is -0.361 e. The normalized spacial score (nSPS) is 16.3. The van der Waals surface area contributed by atoms with E-state index in [1.165, 1.54) is 20.9 Å². The first-order chi connectivity index (χ1) is 17.5. The SMILES string of the molecule is Clc1ccc(Sc2ccccc2CN2CCN(c3ccc(Cl)cc3Cl)C(c3ccc(Cl)cc3)C2)cc1. The second-order valence-corrected chi connectivity index (χ2v) is 11.6. The first-order valence-corrected chi connectivity index (χ1v) is 14.0. The van der Waals surface area contributed by atoms with Crippen molar-refractivity contribution in [3.8, 4) is 0 Å². The van der Waals surface area contributed by atoms with E-state index in [4.69, 9.17) is 46.4 Å². The van der Waals surface area contributed by atoms with Crippen molar-refractivity contribution in [2.24, 2.45) is 0 Å². The zero-order valence-electron chi connectivity index (χ0n) is 19.4. The average molecular weight is 574 g/mol. The van der Waals surface area contributed by atoms with E-state index in [1.807, 2.05) is 42.5 Å². The van der Waals surface area contributed by atoms with Gasteiger partial charge in [0.1, 0.15) is 0 Å². The van der Waals surface area contributed by atoms with Gasteiger partial charge in [-0.3, -0.25) is 4.90 Å². The molecule has 4 aromatic carbocycles. The Balaban J connectivity index is 1.40. The Bertz CT molecular complexity index is 1330. The van der Waals surface area contributed by atoms with Gasteiger partial charge >= 0.3 is 0 Å². The number of halogens is 4. The van der Waals surface area contributed by atoms with Crippen LogP contribution in [-0.4, -0.2) is 24.5 Å². The molecule has 0 amide bonds. The summed E-state index contributed by atoms with van der Waals surface area (Å²) in [5.74, 6) is 0. The molecule has 0 aromatic heterocycles. The number of hydrogen-bond donors (Lipinski definition) is 0. The maximum atomic E-state index is 6.64. The highest BCUT2D eigenvalue weighted by Crippen LogP contribution is 2.38. The number of hydrogen-bond acceptors (Lipinski definition) is 3. The number of benzene rings is 4. The van der Waals surface area contributed by atoms with E-state index in [0.29, 0.717) is 10.0 Å². The highest BCUT2D eigenvalue weighted by molar-refractivity contribution is 7.99. The molecule has 1 heterocycles. The smallest absolute Gasteiger partial charge is 0.0670 e. The van der Waals surface area contributed by atoms with Crippen LogP contribution < -0.4 is 4.90 Å². The summed E-state index contributed by atoms with van der Waals surface area (Å²) in [7, 11) is 0. The highest BCUT2D eigenvalue weighted by Gasteiger charge is 2.30. The molecular weight excluding hydrogens is 550 g/mol. The Morgan fingerprint density at radius 3 is 2.11 bits per heavy atom. The lowest BCUT2D eigenvalue weighted by Gasteiger charge is -2.43. The second kappa shape index (κ2) is 11.7. The number of nitrogens with zero attached hydrogens (tertiary/aromatic N) is 2. The third kappa shape index (κ3) is 6.16. The quantitative estimate of drug-likeness (QED) is 0.227. The lowest BCUT2D eigenvalue weighted by molar-refractivity contribution is 0.214. The highest BCUT2D eigenvalue weighted by atomic mass is 35.5. The van der Waals surface area contributed by atoms with E-state index in [9.17, 15) is 0 Å². The maximum absolute atomic E-state index is 6.64. The monoisotopic (exact) mass is 572 g/mol. The van der Waals surface area contributed by atoms with Crippen LogP contribution >= 0.6 is 58.2 Å². The second-order valence-electron chi connectivity index (χ2n) is 8.76. The molecule has 184 valence electrons. The van der Waals surface area contributed by atoms with Crippen LogP contribution in [0.15, 0.2) is 101 Å².